The van der Waals surface area contributed by atoms with Crippen molar-refractivity contribution < 1.29 is 4.79 Å². The van der Waals surface area contributed by atoms with E-state index in [-0.39, 0.29) is 5.12 Å². The highest BCUT2D eigenvalue weighted by Gasteiger charge is 2.04. The highest BCUT2D eigenvalue weighted by molar-refractivity contribution is 8.22. The predicted molar refractivity (Wildman–Crippen MR) is 82.4 cm³/mol. The zero-order valence-electron chi connectivity index (χ0n) is 9.15. The molecule has 0 aliphatic carbocycles. The molecule has 0 aromatic heterocycles. The van der Waals surface area contributed by atoms with E-state index in [1.807, 2.05) is 35.3 Å². The SMILES string of the molecule is C=CC(=O)SCCSCCCC1=CSCS1. The lowest BCUT2D eigenvalue weighted by Gasteiger charge is -2.01. The van der Waals surface area contributed by atoms with Crippen LogP contribution in [0, 0.1) is 0 Å². The topological polar surface area (TPSA) is 17.1 Å². The van der Waals surface area contributed by atoms with Crippen LogP contribution in [-0.2, 0) is 4.79 Å². The molecule has 0 amide bonds. The predicted octanol–water partition coefficient (Wildman–Crippen LogP) is 4.22. The molecule has 0 fully saturated rings. The average molecular weight is 293 g/mol. The second-order valence-corrected chi connectivity index (χ2v) is 7.75. The summed E-state index contributed by atoms with van der Waals surface area (Å²) < 4.78 is 0. The first-order valence-electron chi connectivity index (χ1n) is 5.13. The molecule has 1 aliphatic rings. The van der Waals surface area contributed by atoms with Gasteiger partial charge in [-0.3, -0.25) is 4.79 Å². The second-order valence-electron chi connectivity index (χ2n) is 3.10. The lowest BCUT2D eigenvalue weighted by Crippen LogP contribution is -1.91. The number of hydrogen-bond acceptors (Lipinski definition) is 5. The van der Waals surface area contributed by atoms with Gasteiger partial charge in [-0.2, -0.15) is 11.8 Å². The van der Waals surface area contributed by atoms with Gasteiger partial charge < -0.3 is 0 Å². The molecule has 5 heteroatoms. The van der Waals surface area contributed by atoms with Gasteiger partial charge in [-0.05, 0) is 35.0 Å². The fourth-order valence-electron chi connectivity index (χ4n) is 1.11. The van der Waals surface area contributed by atoms with Crippen LogP contribution in [0.4, 0.5) is 0 Å². The van der Waals surface area contributed by atoms with E-state index < -0.39 is 0 Å². The van der Waals surface area contributed by atoms with Gasteiger partial charge in [-0.15, -0.1) is 23.5 Å². The van der Waals surface area contributed by atoms with E-state index in [0.29, 0.717) is 0 Å². The summed E-state index contributed by atoms with van der Waals surface area (Å²) in [4.78, 5) is 12.4. The van der Waals surface area contributed by atoms with E-state index in [9.17, 15) is 4.79 Å². The summed E-state index contributed by atoms with van der Waals surface area (Å²) in [6.45, 7) is 3.45. The molecule has 0 atom stereocenters. The van der Waals surface area contributed by atoms with Crippen molar-refractivity contribution in [2.24, 2.45) is 0 Å². The smallest absolute Gasteiger partial charge is 0.211 e. The number of carbonyl (C=O) groups is 1. The Hall–Kier alpha value is 0.550. The maximum absolute atomic E-state index is 10.9. The van der Waals surface area contributed by atoms with E-state index in [1.54, 1.807) is 4.91 Å². The molecular formula is C11H16OS4. The summed E-state index contributed by atoms with van der Waals surface area (Å²) >= 11 is 7.18. The van der Waals surface area contributed by atoms with Crippen LogP contribution >= 0.6 is 47.0 Å². The van der Waals surface area contributed by atoms with E-state index in [2.05, 4.69) is 12.0 Å². The minimum atomic E-state index is 0.0881. The zero-order valence-corrected chi connectivity index (χ0v) is 12.4. The van der Waals surface area contributed by atoms with Gasteiger partial charge in [0.25, 0.3) is 0 Å². The van der Waals surface area contributed by atoms with Crippen molar-refractivity contribution in [2.75, 3.05) is 22.3 Å². The minimum absolute atomic E-state index is 0.0881. The summed E-state index contributed by atoms with van der Waals surface area (Å²) in [7, 11) is 0. The van der Waals surface area contributed by atoms with E-state index in [4.69, 9.17) is 0 Å². The van der Waals surface area contributed by atoms with Crippen LogP contribution in [-0.4, -0.2) is 27.5 Å². The van der Waals surface area contributed by atoms with Gasteiger partial charge in [-0.25, -0.2) is 0 Å². The Labute approximate surface area is 115 Å². The maximum atomic E-state index is 10.9. The number of rotatable bonds is 8. The number of thioether (sulfide) groups is 4. The van der Waals surface area contributed by atoms with E-state index in [1.165, 1.54) is 41.5 Å². The molecule has 1 heterocycles. The van der Waals surface area contributed by atoms with Crippen molar-refractivity contribution in [3.8, 4) is 0 Å². The first kappa shape index (κ1) is 14.6. The summed E-state index contributed by atoms with van der Waals surface area (Å²) in [6.07, 6.45) is 3.87. The quantitative estimate of drug-likeness (QED) is 0.490. The van der Waals surface area contributed by atoms with Crippen LogP contribution in [0.2, 0.25) is 0 Å². The third-order valence-corrected chi connectivity index (χ3v) is 6.37. The molecule has 0 saturated heterocycles. The monoisotopic (exact) mass is 292 g/mol. The van der Waals surface area contributed by atoms with Crippen LogP contribution in [0.25, 0.3) is 0 Å². The number of carbonyl (C=O) groups excluding carboxylic acids is 1. The minimum Gasteiger partial charge on any atom is -0.282 e. The molecule has 0 N–H and O–H groups in total. The highest BCUT2D eigenvalue weighted by atomic mass is 32.2. The van der Waals surface area contributed by atoms with E-state index >= 15 is 0 Å². The third-order valence-electron chi connectivity index (χ3n) is 1.88. The van der Waals surface area contributed by atoms with Gasteiger partial charge in [0.15, 0.2) is 0 Å². The van der Waals surface area contributed by atoms with Crippen LogP contribution in [0.15, 0.2) is 23.0 Å². The lowest BCUT2D eigenvalue weighted by atomic mass is 10.3. The van der Waals surface area contributed by atoms with Gasteiger partial charge in [0.1, 0.15) is 0 Å². The third kappa shape index (κ3) is 6.99. The molecule has 0 spiro atoms. The van der Waals surface area contributed by atoms with Crippen molar-refractivity contribution in [1.29, 1.82) is 0 Å². The highest BCUT2D eigenvalue weighted by Crippen LogP contribution is 2.34. The molecule has 0 aromatic carbocycles. The Morgan fingerprint density at radius 3 is 3.06 bits per heavy atom. The fraction of sp³-hybridized carbons (Fsp3) is 0.545. The molecule has 1 aliphatic heterocycles. The van der Waals surface area contributed by atoms with E-state index in [0.717, 1.165) is 11.5 Å². The Bertz CT molecular complexity index is 263. The Balaban J connectivity index is 1.84. The van der Waals surface area contributed by atoms with Gasteiger partial charge in [0.2, 0.25) is 5.12 Å². The van der Waals surface area contributed by atoms with Gasteiger partial charge in [0.05, 0.1) is 0 Å². The van der Waals surface area contributed by atoms with Crippen molar-refractivity contribution in [3.63, 3.8) is 0 Å². The Morgan fingerprint density at radius 1 is 1.50 bits per heavy atom. The van der Waals surface area contributed by atoms with Crippen LogP contribution in [0.1, 0.15) is 12.8 Å². The molecular weight excluding hydrogens is 276 g/mol. The Kier molecular flexibility index (Phi) is 8.74. The van der Waals surface area contributed by atoms with Crippen LogP contribution in [0.3, 0.4) is 0 Å². The second kappa shape index (κ2) is 9.57. The van der Waals surface area contributed by atoms with Crippen molar-refractivity contribution in [3.05, 3.63) is 23.0 Å². The summed E-state index contributed by atoms with van der Waals surface area (Å²) in [5, 5.41) is 3.57. The van der Waals surface area contributed by atoms with Crippen LogP contribution in [0.5, 0.6) is 0 Å². The van der Waals surface area contributed by atoms with Gasteiger partial charge in [-0.1, -0.05) is 18.3 Å². The Morgan fingerprint density at radius 2 is 2.38 bits per heavy atom. The van der Waals surface area contributed by atoms with Crippen LogP contribution < -0.4 is 0 Å². The first-order valence-corrected chi connectivity index (χ1v) is 9.31. The normalized spacial score (nSPS) is 14.9. The molecule has 1 rings (SSSR count). The molecule has 0 unspecified atom stereocenters. The summed E-state index contributed by atoms with van der Waals surface area (Å²) in [6, 6.07) is 0. The average Bonchev–Trinajstić information content (AvgIpc) is 2.80. The largest absolute Gasteiger partial charge is 0.282 e. The molecule has 0 saturated carbocycles. The summed E-state index contributed by atoms with van der Waals surface area (Å²) in [5.74, 6) is 3.17. The molecule has 16 heavy (non-hydrogen) atoms. The zero-order chi connectivity index (χ0) is 11.6. The number of hydrogen-bond donors (Lipinski definition) is 0. The summed E-state index contributed by atoms with van der Waals surface area (Å²) in [5.41, 5.74) is 0. The molecule has 1 nitrogen and oxygen atoms in total. The standard InChI is InChI=1S/C11H16OS4/c1-2-11(12)15-7-6-13-5-3-4-10-8-14-9-16-10/h2,8H,1,3-7,9H2. The molecule has 0 radical (unpaired) electrons. The number of allylic oxidation sites excluding steroid dienone is 1. The molecule has 90 valence electrons. The van der Waals surface area contributed by atoms with Crippen molar-refractivity contribution in [2.45, 2.75) is 12.8 Å². The van der Waals surface area contributed by atoms with Gasteiger partial charge >= 0.3 is 0 Å². The lowest BCUT2D eigenvalue weighted by molar-refractivity contribution is -0.107. The fourth-order valence-corrected chi connectivity index (χ4v) is 5.01. The first-order chi connectivity index (χ1) is 7.83. The van der Waals surface area contributed by atoms with Crippen molar-refractivity contribution in [1.82, 2.24) is 0 Å². The maximum Gasteiger partial charge on any atom is 0.211 e. The van der Waals surface area contributed by atoms with Crippen molar-refractivity contribution >= 4 is 52.2 Å². The van der Waals surface area contributed by atoms with Gasteiger partial charge in [0, 0.05) is 16.6 Å². The molecule has 0 bridgehead atoms. The molecule has 0 aromatic rings.